The fourth-order valence-electron chi connectivity index (χ4n) is 2.45. The summed E-state index contributed by atoms with van der Waals surface area (Å²) in [6.07, 6.45) is 5.13. The molecule has 0 radical (unpaired) electrons. The Bertz CT molecular complexity index is 758. The molecule has 0 amide bonds. The number of hydrogen-bond acceptors (Lipinski definition) is 2. The van der Waals surface area contributed by atoms with Crippen LogP contribution in [0.15, 0.2) is 48.8 Å². The first kappa shape index (κ1) is 12.6. The zero-order valence-electron chi connectivity index (χ0n) is 11.4. The smallest absolute Gasteiger partial charge is 0.137 e. The van der Waals surface area contributed by atoms with Crippen LogP contribution in [0.3, 0.4) is 0 Å². The second-order valence-corrected chi connectivity index (χ2v) is 5.13. The van der Waals surface area contributed by atoms with Gasteiger partial charge < -0.3 is 4.98 Å². The molecular weight excluding hydrogens is 248 g/mol. The van der Waals surface area contributed by atoms with Crippen LogP contribution in [0.5, 0.6) is 0 Å². The number of carbonyl (C=O) groups is 1. The Labute approximate surface area is 117 Å². The van der Waals surface area contributed by atoms with Crippen LogP contribution in [0.1, 0.15) is 23.6 Å². The summed E-state index contributed by atoms with van der Waals surface area (Å²) in [6.45, 7) is 1.62. The highest BCUT2D eigenvalue weighted by Gasteiger charge is 2.03. The Kier molecular flexibility index (Phi) is 3.33. The zero-order chi connectivity index (χ0) is 13.9. The predicted molar refractivity (Wildman–Crippen MR) is 79.7 cm³/mol. The highest BCUT2D eigenvalue weighted by Crippen LogP contribution is 2.16. The molecule has 3 heteroatoms. The Balaban J connectivity index is 1.84. The van der Waals surface area contributed by atoms with Gasteiger partial charge in [0.25, 0.3) is 0 Å². The Morgan fingerprint density at radius 2 is 2.00 bits per heavy atom. The molecule has 0 saturated carbocycles. The van der Waals surface area contributed by atoms with Gasteiger partial charge >= 0.3 is 0 Å². The standard InChI is InChI=1S/C17H16N2O/c1-12(20)7-13-3-2-4-14(8-13)9-15-10-16-5-6-18-17(16)19-11-15/h2-6,8,10-11H,7,9H2,1H3,(H,18,19). The summed E-state index contributed by atoms with van der Waals surface area (Å²) in [7, 11) is 0. The highest BCUT2D eigenvalue weighted by atomic mass is 16.1. The lowest BCUT2D eigenvalue weighted by Gasteiger charge is -2.05. The van der Waals surface area contributed by atoms with Crippen LogP contribution in [-0.2, 0) is 17.6 Å². The predicted octanol–water partition coefficient (Wildman–Crippen LogP) is 3.29. The van der Waals surface area contributed by atoms with E-state index in [0.717, 1.165) is 23.0 Å². The molecule has 3 aromatic rings. The summed E-state index contributed by atoms with van der Waals surface area (Å²) in [5.41, 5.74) is 4.38. The van der Waals surface area contributed by atoms with Crippen LogP contribution in [0.4, 0.5) is 0 Å². The summed E-state index contributed by atoms with van der Waals surface area (Å²) in [6, 6.07) is 12.4. The molecule has 0 saturated heterocycles. The minimum atomic E-state index is 0.192. The maximum absolute atomic E-state index is 11.2. The van der Waals surface area contributed by atoms with Crippen molar-refractivity contribution in [3.05, 3.63) is 65.5 Å². The third kappa shape index (κ3) is 2.77. The minimum Gasteiger partial charge on any atom is -0.346 e. The first-order chi connectivity index (χ1) is 9.70. The number of aromatic amines is 1. The molecule has 1 aromatic carbocycles. The van der Waals surface area contributed by atoms with Crippen molar-refractivity contribution in [3.63, 3.8) is 0 Å². The second-order valence-electron chi connectivity index (χ2n) is 5.13. The van der Waals surface area contributed by atoms with Crippen molar-refractivity contribution < 1.29 is 4.79 Å². The summed E-state index contributed by atoms with van der Waals surface area (Å²) in [5.74, 6) is 0.192. The molecule has 0 aliphatic carbocycles. The number of rotatable bonds is 4. The van der Waals surface area contributed by atoms with Gasteiger partial charge in [0, 0.05) is 24.2 Å². The molecule has 0 bridgehead atoms. The van der Waals surface area contributed by atoms with Crippen molar-refractivity contribution in [1.82, 2.24) is 9.97 Å². The minimum absolute atomic E-state index is 0.192. The number of pyridine rings is 1. The summed E-state index contributed by atoms with van der Waals surface area (Å²) < 4.78 is 0. The number of nitrogens with one attached hydrogen (secondary N) is 1. The van der Waals surface area contributed by atoms with Gasteiger partial charge in [-0.25, -0.2) is 4.98 Å². The van der Waals surface area contributed by atoms with Crippen molar-refractivity contribution in [2.45, 2.75) is 19.8 Å². The molecule has 2 heterocycles. The molecule has 0 atom stereocenters. The second kappa shape index (κ2) is 5.29. The highest BCUT2D eigenvalue weighted by molar-refractivity contribution is 5.78. The number of H-pyrrole nitrogens is 1. The van der Waals surface area contributed by atoms with Crippen LogP contribution in [0.25, 0.3) is 11.0 Å². The van der Waals surface area contributed by atoms with E-state index in [-0.39, 0.29) is 5.78 Å². The van der Waals surface area contributed by atoms with E-state index in [1.54, 1.807) is 6.92 Å². The van der Waals surface area contributed by atoms with Gasteiger partial charge in [0.15, 0.2) is 0 Å². The number of Topliss-reactive ketones (excluding diaryl/α,β-unsaturated/α-hetero) is 1. The quantitative estimate of drug-likeness (QED) is 0.786. The van der Waals surface area contributed by atoms with E-state index >= 15 is 0 Å². The summed E-state index contributed by atoms with van der Waals surface area (Å²) in [4.78, 5) is 18.7. The van der Waals surface area contributed by atoms with Crippen molar-refractivity contribution in [1.29, 1.82) is 0 Å². The number of fused-ring (bicyclic) bond motifs is 1. The van der Waals surface area contributed by atoms with Crippen LogP contribution in [0.2, 0.25) is 0 Å². The van der Waals surface area contributed by atoms with Crippen LogP contribution in [-0.4, -0.2) is 15.8 Å². The van der Waals surface area contributed by atoms with Gasteiger partial charge in [-0.2, -0.15) is 0 Å². The van der Waals surface area contributed by atoms with Crippen molar-refractivity contribution in [3.8, 4) is 0 Å². The Morgan fingerprint density at radius 1 is 1.15 bits per heavy atom. The maximum Gasteiger partial charge on any atom is 0.137 e. The van der Waals surface area contributed by atoms with Gasteiger partial charge in [0.05, 0.1) is 0 Å². The third-order valence-corrected chi connectivity index (χ3v) is 3.31. The number of ketones is 1. The average Bonchev–Trinajstić information content (AvgIpc) is 2.85. The monoisotopic (exact) mass is 264 g/mol. The van der Waals surface area contributed by atoms with E-state index in [9.17, 15) is 4.79 Å². The fourth-order valence-corrected chi connectivity index (χ4v) is 2.45. The van der Waals surface area contributed by atoms with Gasteiger partial charge in [-0.15, -0.1) is 0 Å². The summed E-state index contributed by atoms with van der Waals surface area (Å²) >= 11 is 0. The summed E-state index contributed by atoms with van der Waals surface area (Å²) in [5, 5.41) is 1.13. The first-order valence-electron chi connectivity index (χ1n) is 6.70. The fraction of sp³-hybridized carbons (Fsp3) is 0.176. The Hall–Kier alpha value is -2.42. The molecule has 0 spiro atoms. The third-order valence-electron chi connectivity index (χ3n) is 3.31. The van der Waals surface area contributed by atoms with Crippen molar-refractivity contribution >= 4 is 16.8 Å². The van der Waals surface area contributed by atoms with E-state index in [4.69, 9.17) is 0 Å². The number of benzene rings is 1. The lowest BCUT2D eigenvalue weighted by atomic mass is 10.0. The molecule has 0 fully saturated rings. The van der Waals surface area contributed by atoms with E-state index in [0.29, 0.717) is 6.42 Å². The Morgan fingerprint density at radius 3 is 2.85 bits per heavy atom. The molecular formula is C17H16N2O. The van der Waals surface area contributed by atoms with Crippen LogP contribution in [0, 0.1) is 0 Å². The van der Waals surface area contributed by atoms with Gasteiger partial charge in [-0.1, -0.05) is 24.3 Å². The van der Waals surface area contributed by atoms with E-state index in [1.807, 2.05) is 30.6 Å². The van der Waals surface area contributed by atoms with Gasteiger partial charge in [0.2, 0.25) is 0 Å². The largest absolute Gasteiger partial charge is 0.346 e. The van der Waals surface area contributed by atoms with Crippen molar-refractivity contribution in [2.75, 3.05) is 0 Å². The van der Waals surface area contributed by atoms with E-state index in [1.165, 1.54) is 11.1 Å². The number of nitrogens with zero attached hydrogens (tertiary/aromatic N) is 1. The van der Waals surface area contributed by atoms with Crippen LogP contribution < -0.4 is 0 Å². The van der Waals surface area contributed by atoms with Crippen molar-refractivity contribution in [2.24, 2.45) is 0 Å². The molecule has 100 valence electrons. The number of hydrogen-bond donors (Lipinski definition) is 1. The molecule has 0 aliphatic rings. The zero-order valence-corrected chi connectivity index (χ0v) is 11.4. The van der Waals surface area contributed by atoms with E-state index < -0.39 is 0 Å². The van der Waals surface area contributed by atoms with E-state index in [2.05, 4.69) is 28.2 Å². The van der Waals surface area contributed by atoms with Gasteiger partial charge in [-0.05, 0) is 42.2 Å². The lowest BCUT2D eigenvalue weighted by molar-refractivity contribution is -0.116. The molecule has 20 heavy (non-hydrogen) atoms. The molecule has 0 aliphatic heterocycles. The van der Waals surface area contributed by atoms with Gasteiger partial charge in [0.1, 0.15) is 11.4 Å². The molecule has 2 aromatic heterocycles. The average molecular weight is 264 g/mol. The lowest BCUT2D eigenvalue weighted by Crippen LogP contribution is -1.97. The number of aromatic nitrogens is 2. The SMILES string of the molecule is CC(=O)Cc1cccc(Cc2cnc3[nH]ccc3c2)c1. The molecule has 3 rings (SSSR count). The molecule has 3 nitrogen and oxygen atoms in total. The molecule has 0 unspecified atom stereocenters. The molecule has 1 N–H and O–H groups in total. The topological polar surface area (TPSA) is 45.8 Å². The van der Waals surface area contributed by atoms with Crippen LogP contribution >= 0.6 is 0 Å². The maximum atomic E-state index is 11.2. The first-order valence-corrected chi connectivity index (χ1v) is 6.70. The number of carbonyl (C=O) groups excluding carboxylic acids is 1. The van der Waals surface area contributed by atoms with Gasteiger partial charge in [-0.3, -0.25) is 4.79 Å². The normalized spacial score (nSPS) is 10.8.